The van der Waals surface area contributed by atoms with Gasteiger partial charge in [-0.3, -0.25) is 4.79 Å². The molecular formula is C12H26N2O3. The highest BCUT2D eigenvalue weighted by atomic mass is 16.6. The second kappa shape index (κ2) is 6.33. The fourth-order valence-corrected chi connectivity index (χ4v) is 1.19. The van der Waals surface area contributed by atoms with Crippen LogP contribution in [0.4, 0.5) is 0 Å². The average Bonchev–Trinajstić information content (AvgIpc) is 2.10. The topological polar surface area (TPSA) is 84.6 Å². The molecule has 0 aliphatic heterocycles. The van der Waals surface area contributed by atoms with Gasteiger partial charge in [-0.2, -0.15) is 0 Å². The van der Waals surface area contributed by atoms with Gasteiger partial charge in [0, 0.05) is 19.0 Å². The number of aliphatic hydroxyl groups is 1. The summed E-state index contributed by atoms with van der Waals surface area (Å²) in [6, 6.07) is -0.0466. The number of hydrogen-bond acceptors (Lipinski definition) is 4. The molecule has 0 heterocycles. The molecule has 0 fully saturated rings. The summed E-state index contributed by atoms with van der Waals surface area (Å²) in [7, 11) is 0. The van der Waals surface area contributed by atoms with Gasteiger partial charge in [-0.05, 0) is 26.2 Å². The van der Waals surface area contributed by atoms with Gasteiger partial charge in [0.25, 0.3) is 0 Å². The second-order valence-electron chi connectivity index (χ2n) is 5.86. The third-order valence-corrected chi connectivity index (χ3v) is 2.08. The van der Waals surface area contributed by atoms with E-state index in [1.807, 2.05) is 20.8 Å². The molecule has 5 nitrogen and oxygen atoms in total. The SMILES string of the molecule is CC(N)CNC(=O)CC(C)(C)COC(C)(C)O. The lowest BCUT2D eigenvalue weighted by molar-refractivity contribution is -0.192. The molecule has 0 aromatic heterocycles. The van der Waals surface area contributed by atoms with Crippen LogP contribution < -0.4 is 11.1 Å². The molecule has 5 heteroatoms. The van der Waals surface area contributed by atoms with E-state index in [4.69, 9.17) is 10.5 Å². The molecule has 0 aromatic rings. The quantitative estimate of drug-likeness (QED) is 0.575. The van der Waals surface area contributed by atoms with Gasteiger partial charge >= 0.3 is 0 Å². The summed E-state index contributed by atoms with van der Waals surface area (Å²) in [5.41, 5.74) is 5.23. The summed E-state index contributed by atoms with van der Waals surface area (Å²) in [5.74, 6) is -1.22. The molecule has 0 radical (unpaired) electrons. The predicted molar refractivity (Wildman–Crippen MR) is 67.3 cm³/mol. The summed E-state index contributed by atoms with van der Waals surface area (Å²) in [6.07, 6.45) is 0.343. The second-order valence-corrected chi connectivity index (χ2v) is 5.86. The van der Waals surface area contributed by atoms with E-state index in [1.54, 1.807) is 13.8 Å². The Hall–Kier alpha value is -0.650. The summed E-state index contributed by atoms with van der Waals surface area (Å²) in [6.45, 7) is 9.61. The molecule has 0 rings (SSSR count). The standard InChI is InChI=1S/C12H26N2O3/c1-9(13)7-14-10(15)6-11(2,3)8-17-12(4,5)16/h9,16H,6-8,13H2,1-5H3,(H,14,15). The fourth-order valence-electron chi connectivity index (χ4n) is 1.19. The number of amides is 1. The molecule has 17 heavy (non-hydrogen) atoms. The fraction of sp³-hybridized carbons (Fsp3) is 0.917. The number of nitrogens with two attached hydrogens (primary N) is 1. The zero-order valence-corrected chi connectivity index (χ0v) is 11.5. The highest BCUT2D eigenvalue weighted by Crippen LogP contribution is 2.22. The van der Waals surface area contributed by atoms with Crippen LogP contribution in [-0.4, -0.2) is 36.0 Å². The maximum atomic E-state index is 11.6. The number of hydrogen-bond donors (Lipinski definition) is 3. The van der Waals surface area contributed by atoms with Crippen LogP contribution >= 0.6 is 0 Å². The zero-order valence-electron chi connectivity index (χ0n) is 11.5. The van der Waals surface area contributed by atoms with Gasteiger partial charge < -0.3 is 20.9 Å². The first-order chi connectivity index (χ1) is 7.52. The van der Waals surface area contributed by atoms with Gasteiger partial charge in [-0.15, -0.1) is 0 Å². The molecule has 0 saturated heterocycles. The van der Waals surface area contributed by atoms with Crippen LogP contribution in [0.2, 0.25) is 0 Å². The van der Waals surface area contributed by atoms with E-state index in [-0.39, 0.29) is 17.4 Å². The molecule has 4 N–H and O–H groups in total. The van der Waals surface area contributed by atoms with E-state index in [0.717, 1.165) is 0 Å². The highest BCUT2D eigenvalue weighted by molar-refractivity contribution is 5.76. The largest absolute Gasteiger partial charge is 0.366 e. The van der Waals surface area contributed by atoms with E-state index in [0.29, 0.717) is 19.6 Å². The third kappa shape index (κ3) is 10.2. The van der Waals surface area contributed by atoms with Gasteiger partial charge in [-0.25, -0.2) is 0 Å². The molecule has 0 aromatic carbocycles. The maximum Gasteiger partial charge on any atom is 0.220 e. The lowest BCUT2D eigenvalue weighted by Crippen LogP contribution is -2.38. The Morgan fingerprint density at radius 2 is 1.94 bits per heavy atom. The van der Waals surface area contributed by atoms with E-state index in [1.165, 1.54) is 0 Å². The van der Waals surface area contributed by atoms with E-state index in [2.05, 4.69) is 5.32 Å². The van der Waals surface area contributed by atoms with Crippen molar-refractivity contribution in [3.63, 3.8) is 0 Å². The molecule has 0 saturated carbocycles. The Balaban J connectivity index is 4.03. The summed E-state index contributed by atoms with van der Waals surface area (Å²) < 4.78 is 5.27. The van der Waals surface area contributed by atoms with Gasteiger partial charge in [0.2, 0.25) is 5.91 Å². The van der Waals surface area contributed by atoms with Crippen LogP contribution in [0.25, 0.3) is 0 Å². The van der Waals surface area contributed by atoms with E-state index < -0.39 is 5.79 Å². The Labute approximate surface area is 104 Å². The lowest BCUT2D eigenvalue weighted by Gasteiger charge is -2.28. The zero-order chi connectivity index (χ0) is 13.7. The van der Waals surface area contributed by atoms with Crippen molar-refractivity contribution in [2.45, 2.75) is 52.9 Å². The van der Waals surface area contributed by atoms with Crippen molar-refractivity contribution in [2.75, 3.05) is 13.2 Å². The summed E-state index contributed by atoms with van der Waals surface area (Å²) in [4.78, 5) is 11.6. The van der Waals surface area contributed by atoms with E-state index in [9.17, 15) is 9.90 Å². The smallest absolute Gasteiger partial charge is 0.220 e. The van der Waals surface area contributed by atoms with Crippen LogP contribution in [0.5, 0.6) is 0 Å². The molecule has 0 aliphatic carbocycles. The van der Waals surface area contributed by atoms with Crippen LogP contribution in [0.15, 0.2) is 0 Å². The Bertz CT molecular complexity index is 245. The first-order valence-corrected chi connectivity index (χ1v) is 5.90. The van der Waals surface area contributed by atoms with Gasteiger partial charge in [0.1, 0.15) is 0 Å². The first-order valence-electron chi connectivity index (χ1n) is 5.90. The molecule has 1 amide bonds. The highest BCUT2D eigenvalue weighted by Gasteiger charge is 2.25. The average molecular weight is 246 g/mol. The molecule has 1 atom stereocenters. The first kappa shape index (κ1) is 16.4. The third-order valence-electron chi connectivity index (χ3n) is 2.08. The predicted octanol–water partition coefficient (Wildman–Crippen LogP) is 0.611. The monoisotopic (exact) mass is 246 g/mol. The molecule has 1 unspecified atom stereocenters. The van der Waals surface area contributed by atoms with Gasteiger partial charge in [-0.1, -0.05) is 13.8 Å². The van der Waals surface area contributed by atoms with Crippen molar-refractivity contribution >= 4 is 5.91 Å². The molecule has 0 spiro atoms. The molecular weight excluding hydrogens is 220 g/mol. The van der Waals surface area contributed by atoms with Gasteiger partial charge in [0.15, 0.2) is 5.79 Å². The maximum absolute atomic E-state index is 11.6. The summed E-state index contributed by atoms with van der Waals surface area (Å²) in [5, 5.41) is 12.2. The number of ether oxygens (including phenoxy) is 1. The van der Waals surface area contributed by atoms with Crippen molar-refractivity contribution in [3.8, 4) is 0 Å². The normalized spacial score (nSPS) is 14.5. The van der Waals surface area contributed by atoms with Crippen LogP contribution in [0, 0.1) is 5.41 Å². The number of carbonyl (C=O) groups excluding carboxylic acids is 1. The van der Waals surface area contributed by atoms with Crippen molar-refractivity contribution in [3.05, 3.63) is 0 Å². The summed E-state index contributed by atoms with van der Waals surface area (Å²) >= 11 is 0. The minimum atomic E-state index is -1.17. The minimum Gasteiger partial charge on any atom is -0.366 e. The van der Waals surface area contributed by atoms with Gasteiger partial charge in [0.05, 0.1) is 6.61 Å². The minimum absolute atomic E-state index is 0.0466. The number of rotatable bonds is 7. The molecule has 0 bridgehead atoms. The van der Waals surface area contributed by atoms with Crippen LogP contribution in [-0.2, 0) is 9.53 Å². The molecule has 0 aliphatic rings. The van der Waals surface area contributed by atoms with Crippen LogP contribution in [0.3, 0.4) is 0 Å². The number of nitrogens with one attached hydrogen (secondary N) is 1. The Morgan fingerprint density at radius 3 is 2.35 bits per heavy atom. The Morgan fingerprint density at radius 1 is 1.41 bits per heavy atom. The van der Waals surface area contributed by atoms with Crippen LogP contribution in [0.1, 0.15) is 41.0 Å². The number of carbonyl (C=O) groups is 1. The van der Waals surface area contributed by atoms with Crippen molar-refractivity contribution < 1.29 is 14.6 Å². The van der Waals surface area contributed by atoms with Crippen molar-refractivity contribution in [1.82, 2.24) is 5.32 Å². The molecule has 102 valence electrons. The Kier molecular flexibility index (Phi) is 6.09. The van der Waals surface area contributed by atoms with Crippen molar-refractivity contribution in [2.24, 2.45) is 11.1 Å². The van der Waals surface area contributed by atoms with Crippen molar-refractivity contribution in [1.29, 1.82) is 0 Å². The van der Waals surface area contributed by atoms with E-state index >= 15 is 0 Å². The lowest BCUT2D eigenvalue weighted by atomic mass is 9.90.